The molecule has 47 heavy (non-hydrogen) atoms. The van der Waals surface area contributed by atoms with Gasteiger partial charge in [-0.2, -0.15) is 0 Å². The van der Waals surface area contributed by atoms with Crippen LogP contribution >= 0.6 is 0 Å². The zero-order valence-electron chi connectivity index (χ0n) is 27.4. The van der Waals surface area contributed by atoms with E-state index in [0.29, 0.717) is 0 Å². The fraction of sp³-hybridized carbons (Fsp3) is 0.140. The molecule has 1 radical (unpaired) electrons. The number of hydrogen-bond acceptors (Lipinski definition) is 3. The van der Waals surface area contributed by atoms with Crippen molar-refractivity contribution in [2.45, 2.75) is 40.0 Å². The van der Waals surface area contributed by atoms with E-state index in [1.807, 2.05) is 61.2 Å². The molecule has 4 heteroatoms. The molecular weight excluding hydrogens is 751 g/mol. The van der Waals surface area contributed by atoms with Crippen molar-refractivity contribution in [1.82, 2.24) is 15.0 Å². The van der Waals surface area contributed by atoms with Crippen molar-refractivity contribution in [3.63, 3.8) is 0 Å². The second-order valence-electron chi connectivity index (χ2n) is 12.6. The van der Waals surface area contributed by atoms with E-state index in [-0.39, 0.29) is 25.5 Å². The number of aryl methyl sites for hydroxylation is 2. The van der Waals surface area contributed by atoms with Crippen LogP contribution in [0.1, 0.15) is 37.5 Å². The van der Waals surface area contributed by atoms with E-state index < -0.39 is 0 Å². The SMILES string of the molecule is Cc1ccc(-c2ccc(-c3cc[c-]c(-c4cc(C(C)(C)C)ccn4)c3)c3ccncc23)cc1.Cc1ccnc(-c2[c-]cccc2)c1.[Ir]. The molecule has 0 fully saturated rings. The first-order valence-electron chi connectivity index (χ1n) is 15.6. The van der Waals surface area contributed by atoms with Crippen LogP contribution in [0.3, 0.4) is 0 Å². The maximum atomic E-state index is 4.64. The maximum Gasteiger partial charge on any atom is 0.0352 e. The summed E-state index contributed by atoms with van der Waals surface area (Å²) in [6, 6.07) is 44.3. The van der Waals surface area contributed by atoms with Crippen LogP contribution in [0.5, 0.6) is 0 Å². The standard InChI is InChI=1S/C31H27N2.C12H10N.Ir/c1-21-8-10-22(11-9-21)26-12-13-27(28-15-16-32-20-29(26)28)23-6-5-7-24(18-23)30-19-25(14-17-33-30)31(2,3)4;1-10-7-8-13-12(9-10)11-5-3-2-4-6-11;/h5-6,8-20H,1-4H3;2-5,7-9H,1H3;/q2*-1;. The van der Waals surface area contributed by atoms with Crippen LogP contribution in [0.2, 0.25) is 0 Å². The largest absolute Gasteiger partial charge is 0.305 e. The minimum Gasteiger partial charge on any atom is -0.305 e. The van der Waals surface area contributed by atoms with Gasteiger partial charge in [0.2, 0.25) is 0 Å². The molecule has 7 rings (SSSR count). The van der Waals surface area contributed by atoms with Crippen molar-refractivity contribution in [3.8, 4) is 44.8 Å². The maximum absolute atomic E-state index is 4.64. The van der Waals surface area contributed by atoms with E-state index in [0.717, 1.165) is 33.5 Å². The number of pyridine rings is 3. The number of nitrogens with zero attached hydrogens (tertiary/aromatic N) is 3. The summed E-state index contributed by atoms with van der Waals surface area (Å²) in [5.74, 6) is 0. The third-order valence-corrected chi connectivity index (χ3v) is 8.10. The first-order chi connectivity index (χ1) is 22.3. The van der Waals surface area contributed by atoms with E-state index in [1.54, 1.807) is 0 Å². The molecular formula is C43H37IrN3-2. The summed E-state index contributed by atoms with van der Waals surface area (Å²) in [6.45, 7) is 10.8. The van der Waals surface area contributed by atoms with Gasteiger partial charge in [0.15, 0.2) is 0 Å². The molecule has 7 aromatic rings. The average Bonchev–Trinajstić information content (AvgIpc) is 3.09. The summed E-state index contributed by atoms with van der Waals surface area (Å²) >= 11 is 0. The Morgan fingerprint density at radius 1 is 0.553 bits per heavy atom. The van der Waals surface area contributed by atoms with Gasteiger partial charge in [-0.1, -0.05) is 80.4 Å². The van der Waals surface area contributed by atoms with Gasteiger partial charge in [0, 0.05) is 50.3 Å². The molecule has 0 aliphatic carbocycles. The normalized spacial score (nSPS) is 10.9. The summed E-state index contributed by atoms with van der Waals surface area (Å²) in [4.78, 5) is 13.4. The smallest absolute Gasteiger partial charge is 0.0352 e. The summed E-state index contributed by atoms with van der Waals surface area (Å²) in [5, 5.41) is 2.35. The molecule has 0 bridgehead atoms. The van der Waals surface area contributed by atoms with Crippen LogP contribution in [-0.2, 0) is 25.5 Å². The zero-order valence-corrected chi connectivity index (χ0v) is 29.8. The molecule has 0 spiro atoms. The minimum atomic E-state index is 0. The number of fused-ring (bicyclic) bond motifs is 1. The molecule has 0 amide bonds. The second-order valence-corrected chi connectivity index (χ2v) is 12.6. The Balaban J connectivity index is 0.000000260. The fourth-order valence-corrected chi connectivity index (χ4v) is 5.49. The second kappa shape index (κ2) is 14.8. The average molecular weight is 788 g/mol. The minimum absolute atomic E-state index is 0. The third-order valence-electron chi connectivity index (χ3n) is 8.10. The summed E-state index contributed by atoms with van der Waals surface area (Å²) in [6.07, 6.45) is 7.56. The predicted molar refractivity (Wildman–Crippen MR) is 191 cm³/mol. The Labute approximate surface area is 292 Å². The number of hydrogen-bond donors (Lipinski definition) is 0. The molecule has 0 saturated carbocycles. The topological polar surface area (TPSA) is 38.7 Å². The first-order valence-corrected chi connectivity index (χ1v) is 15.6. The Bertz CT molecular complexity index is 2100. The van der Waals surface area contributed by atoms with Gasteiger partial charge in [0.25, 0.3) is 0 Å². The van der Waals surface area contributed by atoms with Crippen LogP contribution in [0, 0.1) is 26.0 Å². The van der Waals surface area contributed by atoms with Gasteiger partial charge in [-0.25, -0.2) is 0 Å². The quantitative estimate of drug-likeness (QED) is 0.167. The van der Waals surface area contributed by atoms with E-state index in [9.17, 15) is 0 Å². The summed E-state index contributed by atoms with van der Waals surface area (Å²) in [5.41, 5.74) is 12.6. The van der Waals surface area contributed by atoms with Crippen molar-refractivity contribution in [2.24, 2.45) is 0 Å². The van der Waals surface area contributed by atoms with Crippen LogP contribution < -0.4 is 0 Å². The van der Waals surface area contributed by atoms with Crippen molar-refractivity contribution in [2.75, 3.05) is 0 Å². The van der Waals surface area contributed by atoms with Crippen LogP contribution in [-0.4, -0.2) is 15.0 Å². The fourth-order valence-electron chi connectivity index (χ4n) is 5.49. The monoisotopic (exact) mass is 788 g/mol. The van der Waals surface area contributed by atoms with Gasteiger partial charge in [0.1, 0.15) is 0 Å². The van der Waals surface area contributed by atoms with Gasteiger partial charge in [-0.05, 0) is 76.5 Å². The van der Waals surface area contributed by atoms with Crippen molar-refractivity contribution < 1.29 is 20.1 Å². The molecule has 235 valence electrons. The predicted octanol–water partition coefficient (Wildman–Crippen LogP) is 10.9. The first kappa shape index (κ1) is 33.6. The van der Waals surface area contributed by atoms with Gasteiger partial charge in [0.05, 0.1) is 0 Å². The number of benzene rings is 4. The molecule has 4 aromatic carbocycles. The van der Waals surface area contributed by atoms with Crippen molar-refractivity contribution in [1.29, 1.82) is 0 Å². The van der Waals surface area contributed by atoms with E-state index in [1.165, 1.54) is 38.8 Å². The molecule has 0 unspecified atom stereocenters. The number of rotatable bonds is 4. The summed E-state index contributed by atoms with van der Waals surface area (Å²) in [7, 11) is 0. The third kappa shape index (κ3) is 7.97. The molecule has 0 saturated heterocycles. The van der Waals surface area contributed by atoms with Gasteiger partial charge >= 0.3 is 0 Å². The molecule has 0 N–H and O–H groups in total. The van der Waals surface area contributed by atoms with Crippen LogP contribution in [0.15, 0.2) is 134 Å². The Morgan fingerprint density at radius 3 is 1.96 bits per heavy atom. The van der Waals surface area contributed by atoms with Crippen LogP contribution in [0.4, 0.5) is 0 Å². The molecule has 3 aromatic heterocycles. The van der Waals surface area contributed by atoms with Gasteiger partial charge < -0.3 is 9.97 Å². The van der Waals surface area contributed by atoms with Crippen LogP contribution in [0.25, 0.3) is 55.5 Å². The van der Waals surface area contributed by atoms with Crippen molar-refractivity contribution >= 4 is 10.8 Å². The van der Waals surface area contributed by atoms with Crippen molar-refractivity contribution in [3.05, 3.63) is 163 Å². The Hall–Kier alpha value is -4.76. The van der Waals surface area contributed by atoms with Gasteiger partial charge in [-0.15, -0.1) is 71.3 Å². The Kier molecular flexibility index (Phi) is 10.6. The van der Waals surface area contributed by atoms with E-state index in [4.69, 9.17) is 0 Å². The number of aromatic nitrogens is 3. The van der Waals surface area contributed by atoms with E-state index in [2.05, 4.69) is 134 Å². The Morgan fingerprint density at radius 2 is 1.26 bits per heavy atom. The zero-order chi connectivity index (χ0) is 32.1. The molecule has 0 atom stereocenters. The molecule has 3 heterocycles. The molecule has 0 aliphatic heterocycles. The molecule has 0 aliphatic rings. The van der Waals surface area contributed by atoms with Gasteiger partial charge in [-0.3, -0.25) is 4.98 Å². The van der Waals surface area contributed by atoms with E-state index >= 15 is 0 Å². The molecule has 3 nitrogen and oxygen atoms in total. The summed E-state index contributed by atoms with van der Waals surface area (Å²) < 4.78 is 0.